The third-order valence-electron chi connectivity index (χ3n) is 5.63. The summed E-state index contributed by atoms with van der Waals surface area (Å²) in [6.07, 6.45) is 2.20. The van der Waals surface area contributed by atoms with Crippen LogP contribution in [-0.4, -0.2) is 52.5 Å². The summed E-state index contributed by atoms with van der Waals surface area (Å²) in [5, 5.41) is 13.5. The van der Waals surface area contributed by atoms with Gasteiger partial charge in [0, 0.05) is 24.0 Å². The quantitative estimate of drug-likeness (QED) is 0.629. The normalized spacial score (nSPS) is 15.3. The lowest BCUT2D eigenvalue weighted by atomic mass is 9.96. The van der Waals surface area contributed by atoms with Gasteiger partial charge in [-0.2, -0.15) is 0 Å². The molecule has 0 bridgehead atoms. The van der Waals surface area contributed by atoms with Crippen LogP contribution in [0, 0.1) is 12.8 Å². The molecule has 0 atom stereocenters. The van der Waals surface area contributed by atoms with E-state index in [1.54, 1.807) is 11.8 Å². The maximum absolute atomic E-state index is 12.7. The monoisotopic (exact) mass is 425 g/mol. The number of rotatable bonds is 7. The molecule has 1 aliphatic rings. The van der Waals surface area contributed by atoms with Gasteiger partial charge in [-0.1, -0.05) is 17.3 Å². The van der Waals surface area contributed by atoms with Crippen molar-refractivity contribution in [1.82, 2.24) is 25.2 Å². The van der Waals surface area contributed by atoms with E-state index >= 15 is 0 Å². The van der Waals surface area contributed by atoms with Crippen molar-refractivity contribution in [3.8, 4) is 11.4 Å². The first kappa shape index (κ1) is 20.6. The number of carbonyl (C=O) groups is 1. The highest BCUT2D eigenvalue weighted by molar-refractivity contribution is 7.09. The fourth-order valence-electron chi connectivity index (χ4n) is 3.82. The molecule has 0 spiro atoms. The van der Waals surface area contributed by atoms with E-state index in [0.29, 0.717) is 23.9 Å². The number of nitrogens with one attached hydrogen (secondary N) is 1. The van der Waals surface area contributed by atoms with Gasteiger partial charge in [-0.3, -0.25) is 9.69 Å². The highest BCUT2D eigenvalue weighted by Gasteiger charge is 2.22. The molecule has 2 aromatic heterocycles. The van der Waals surface area contributed by atoms with Gasteiger partial charge in [0.1, 0.15) is 5.75 Å². The molecule has 1 aromatic carbocycles. The lowest BCUT2D eigenvalue weighted by molar-refractivity contribution is 0.0929. The van der Waals surface area contributed by atoms with Crippen molar-refractivity contribution in [3.05, 3.63) is 58.0 Å². The Morgan fingerprint density at radius 1 is 1.27 bits per heavy atom. The van der Waals surface area contributed by atoms with Gasteiger partial charge in [-0.25, -0.2) is 4.68 Å². The van der Waals surface area contributed by atoms with Crippen molar-refractivity contribution in [3.63, 3.8) is 0 Å². The first-order valence-electron chi connectivity index (χ1n) is 10.2. The first-order chi connectivity index (χ1) is 14.6. The van der Waals surface area contributed by atoms with Gasteiger partial charge in [0.05, 0.1) is 18.5 Å². The maximum atomic E-state index is 12.7. The molecular formula is C22H27N5O2S. The number of thiophene rings is 1. The van der Waals surface area contributed by atoms with Crippen LogP contribution in [0.1, 0.15) is 33.9 Å². The summed E-state index contributed by atoms with van der Waals surface area (Å²) in [7, 11) is 1.62. The van der Waals surface area contributed by atoms with E-state index in [2.05, 4.69) is 38.0 Å². The number of piperidine rings is 1. The van der Waals surface area contributed by atoms with Gasteiger partial charge in [-0.15, -0.1) is 16.4 Å². The Bertz CT molecular complexity index is 977. The number of likely N-dealkylation sites (tertiary alicyclic amines) is 1. The molecule has 3 aromatic rings. The summed E-state index contributed by atoms with van der Waals surface area (Å²) in [5.41, 5.74) is 1.90. The van der Waals surface area contributed by atoms with Crippen LogP contribution in [0.4, 0.5) is 0 Å². The number of methoxy groups -OCH3 is 1. The van der Waals surface area contributed by atoms with Gasteiger partial charge in [0.2, 0.25) is 0 Å². The minimum Gasteiger partial charge on any atom is -0.497 e. The number of nitrogens with zero attached hydrogens (tertiary/aromatic N) is 4. The van der Waals surface area contributed by atoms with Crippen molar-refractivity contribution >= 4 is 17.2 Å². The van der Waals surface area contributed by atoms with Crippen molar-refractivity contribution < 1.29 is 9.53 Å². The molecule has 1 saturated heterocycles. The Kier molecular flexibility index (Phi) is 6.44. The zero-order valence-electron chi connectivity index (χ0n) is 17.4. The molecule has 3 heterocycles. The van der Waals surface area contributed by atoms with Crippen molar-refractivity contribution in [2.24, 2.45) is 5.92 Å². The van der Waals surface area contributed by atoms with E-state index in [-0.39, 0.29) is 5.91 Å². The average molecular weight is 426 g/mol. The zero-order valence-corrected chi connectivity index (χ0v) is 18.2. The number of hydrogen-bond acceptors (Lipinski definition) is 6. The van der Waals surface area contributed by atoms with Crippen LogP contribution in [0.25, 0.3) is 5.69 Å². The fraction of sp³-hybridized carbons (Fsp3) is 0.409. The SMILES string of the molecule is COc1cccc(-n2nnc(C(=O)NCC3CCN(Cc4cccs4)CC3)c2C)c1. The van der Waals surface area contributed by atoms with E-state index in [9.17, 15) is 4.79 Å². The van der Waals surface area contributed by atoms with E-state index in [4.69, 9.17) is 4.74 Å². The minimum absolute atomic E-state index is 0.164. The van der Waals surface area contributed by atoms with E-state index < -0.39 is 0 Å². The Morgan fingerprint density at radius 3 is 2.83 bits per heavy atom. The molecule has 0 aliphatic carbocycles. The highest BCUT2D eigenvalue weighted by atomic mass is 32.1. The molecule has 1 fully saturated rings. The van der Waals surface area contributed by atoms with Crippen molar-refractivity contribution in [2.75, 3.05) is 26.7 Å². The molecular weight excluding hydrogens is 398 g/mol. The Hall–Kier alpha value is -2.71. The third kappa shape index (κ3) is 4.71. The van der Waals surface area contributed by atoms with Gasteiger partial charge in [0.15, 0.2) is 5.69 Å². The molecule has 4 rings (SSSR count). The summed E-state index contributed by atoms with van der Waals surface area (Å²) < 4.78 is 6.94. The van der Waals surface area contributed by atoms with Crippen LogP contribution in [0.2, 0.25) is 0 Å². The summed E-state index contributed by atoms with van der Waals surface area (Å²) in [6.45, 7) is 5.71. The highest BCUT2D eigenvalue weighted by Crippen LogP contribution is 2.21. The number of carbonyl (C=O) groups excluding carboxylic acids is 1. The van der Waals surface area contributed by atoms with Crippen LogP contribution in [0.5, 0.6) is 5.75 Å². The molecule has 0 saturated carbocycles. The molecule has 0 unspecified atom stereocenters. The second-order valence-corrected chi connectivity index (χ2v) is 8.68. The van der Waals surface area contributed by atoms with E-state index in [1.807, 2.05) is 42.5 Å². The molecule has 1 aliphatic heterocycles. The largest absolute Gasteiger partial charge is 0.497 e. The Morgan fingerprint density at radius 2 is 2.10 bits per heavy atom. The lowest BCUT2D eigenvalue weighted by Gasteiger charge is -2.31. The number of amides is 1. The van der Waals surface area contributed by atoms with Crippen LogP contribution in [-0.2, 0) is 6.54 Å². The summed E-state index contributed by atoms with van der Waals surface area (Å²) in [5.74, 6) is 1.07. The summed E-state index contributed by atoms with van der Waals surface area (Å²) in [4.78, 5) is 16.6. The Labute approximate surface area is 180 Å². The minimum atomic E-state index is -0.164. The van der Waals surface area contributed by atoms with Crippen LogP contribution in [0.15, 0.2) is 41.8 Å². The van der Waals surface area contributed by atoms with Gasteiger partial charge >= 0.3 is 0 Å². The molecule has 30 heavy (non-hydrogen) atoms. The fourth-order valence-corrected chi connectivity index (χ4v) is 4.56. The third-order valence-corrected chi connectivity index (χ3v) is 6.49. The molecule has 8 heteroatoms. The summed E-state index contributed by atoms with van der Waals surface area (Å²) >= 11 is 1.81. The van der Waals surface area contributed by atoms with Crippen LogP contribution in [0.3, 0.4) is 0 Å². The molecule has 1 amide bonds. The van der Waals surface area contributed by atoms with Gasteiger partial charge in [-0.05, 0) is 62.4 Å². The predicted octanol–water partition coefficient (Wildman–Crippen LogP) is 3.29. The molecule has 158 valence electrons. The predicted molar refractivity (Wildman–Crippen MR) is 117 cm³/mol. The molecule has 1 N–H and O–H groups in total. The topological polar surface area (TPSA) is 72.3 Å². The van der Waals surface area contributed by atoms with Crippen molar-refractivity contribution in [1.29, 1.82) is 0 Å². The Balaban J connectivity index is 1.30. The smallest absolute Gasteiger partial charge is 0.273 e. The van der Waals surface area contributed by atoms with Gasteiger partial charge in [0.25, 0.3) is 5.91 Å². The number of ether oxygens (including phenoxy) is 1. The second-order valence-electron chi connectivity index (χ2n) is 7.65. The van der Waals surface area contributed by atoms with Crippen molar-refractivity contribution in [2.45, 2.75) is 26.3 Å². The molecule has 0 radical (unpaired) electrons. The number of aromatic nitrogens is 3. The number of benzene rings is 1. The number of hydrogen-bond donors (Lipinski definition) is 1. The van der Waals surface area contributed by atoms with Gasteiger partial charge < -0.3 is 10.1 Å². The van der Waals surface area contributed by atoms with Crippen LogP contribution < -0.4 is 10.1 Å². The second kappa shape index (κ2) is 9.40. The van der Waals surface area contributed by atoms with E-state index in [0.717, 1.165) is 43.9 Å². The molecule has 7 nitrogen and oxygen atoms in total. The zero-order chi connectivity index (χ0) is 20.9. The summed E-state index contributed by atoms with van der Waals surface area (Å²) in [6, 6.07) is 11.8. The first-order valence-corrected chi connectivity index (χ1v) is 11.1. The van der Waals surface area contributed by atoms with E-state index in [1.165, 1.54) is 4.88 Å². The average Bonchev–Trinajstić information content (AvgIpc) is 3.42. The maximum Gasteiger partial charge on any atom is 0.273 e. The van der Waals surface area contributed by atoms with Crippen LogP contribution >= 0.6 is 11.3 Å². The standard InChI is InChI=1S/C22H27N5O2S/c1-16-21(24-25-27(16)18-5-3-6-19(13-18)29-2)22(28)23-14-17-8-10-26(11-9-17)15-20-7-4-12-30-20/h3-7,12-13,17H,8-11,14-15H2,1-2H3,(H,23,28). The lowest BCUT2D eigenvalue weighted by Crippen LogP contribution is -2.38.